The van der Waals surface area contributed by atoms with Gasteiger partial charge >= 0.3 is 0 Å². The summed E-state index contributed by atoms with van der Waals surface area (Å²) in [4.78, 5) is 24.3. The molecule has 1 fully saturated rings. The van der Waals surface area contributed by atoms with Gasteiger partial charge in [0.1, 0.15) is 23.5 Å². The van der Waals surface area contributed by atoms with E-state index in [1.54, 1.807) is 12.3 Å². The second kappa shape index (κ2) is 10.8. The topological polar surface area (TPSA) is 145 Å². The highest BCUT2D eigenvalue weighted by molar-refractivity contribution is 7.99. The number of carbonyl (C=O) groups is 2. The molecule has 3 aromatic rings. The van der Waals surface area contributed by atoms with Crippen LogP contribution >= 0.6 is 11.8 Å². The van der Waals surface area contributed by atoms with E-state index in [1.165, 1.54) is 11.8 Å². The summed E-state index contributed by atoms with van der Waals surface area (Å²) >= 11 is 1.24. The number of nitrogens with zero attached hydrogens (tertiary/aromatic N) is 5. The predicted molar refractivity (Wildman–Crippen MR) is 131 cm³/mol. The lowest BCUT2D eigenvalue weighted by molar-refractivity contribution is -0.118. The highest BCUT2D eigenvalue weighted by Crippen LogP contribution is 2.37. The van der Waals surface area contributed by atoms with Crippen molar-refractivity contribution in [3.8, 4) is 6.07 Å². The summed E-state index contributed by atoms with van der Waals surface area (Å²) in [6, 6.07) is 6.19. The number of thioether (sulfide) groups is 1. The summed E-state index contributed by atoms with van der Waals surface area (Å²) in [5.41, 5.74) is 7.74. The van der Waals surface area contributed by atoms with Crippen molar-refractivity contribution in [2.75, 3.05) is 11.1 Å². The summed E-state index contributed by atoms with van der Waals surface area (Å²) in [7, 11) is 0. The first-order chi connectivity index (χ1) is 16.9. The number of amides is 2. The fraction of sp³-hybridized carbons (Fsp3) is 0.458. The number of nitriles is 1. The number of hydrogen-bond acceptors (Lipinski definition) is 7. The van der Waals surface area contributed by atoms with E-state index in [0.29, 0.717) is 47.1 Å². The fourth-order valence-corrected chi connectivity index (χ4v) is 5.32. The third kappa shape index (κ3) is 5.43. The first kappa shape index (κ1) is 24.6. The van der Waals surface area contributed by atoms with Crippen molar-refractivity contribution in [1.82, 2.24) is 19.3 Å². The maximum atomic E-state index is 13.0. The number of nitrogens with two attached hydrogens (primary N) is 1. The molecule has 3 N–H and O–H groups in total. The van der Waals surface area contributed by atoms with E-state index in [-0.39, 0.29) is 18.1 Å². The molecular weight excluding hydrogens is 466 g/mol. The first-order valence-electron chi connectivity index (χ1n) is 11.7. The van der Waals surface area contributed by atoms with Crippen LogP contribution in [0.4, 0.5) is 5.82 Å². The van der Waals surface area contributed by atoms with Gasteiger partial charge < -0.3 is 20.0 Å². The number of nitrogens with one attached hydrogen (secondary N) is 1. The van der Waals surface area contributed by atoms with Crippen molar-refractivity contribution in [3.05, 3.63) is 46.8 Å². The smallest absolute Gasteiger partial charge is 0.235 e. The zero-order valence-corrected chi connectivity index (χ0v) is 20.7. The molecule has 3 heterocycles. The van der Waals surface area contributed by atoms with E-state index in [0.717, 1.165) is 36.9 Å². The normalized spacial score (nSPS) is 13.7. The summed E-state index contributed by atoms with van der Waals surface area (Å²) in [6.45, 7) is 4.30. The molecule has 4 rings (SSSR count). The molecule has 1 aliphatic rings. The monoisotopic (exact) mass is 495 g/mol. The molecule has 10 nitrogen and oxygen atoms in total. The van der Waals surface area contributed by atoms with Crippen LogP contribution in [0.15, 0.2) is 28.0 Å². The highest BCUT2D eigenvalue weighted by Gasteiger charge is 2.27. The number of primary amides is 1. The molecule has 35 heavy (non-hydrogen) atoms. The van der Waals surface area contributed by atoms with Crippen molar-refractivity contribution in [1.29, 1.82) is 5.26 Å². The van der Waals surface area contributed by atoms with Crippen LogP contribution in [0.2, 0.25) is 0 Å². The second-order valence-corrected chi connectivity index (χ2v) is 9.66. The van der Waals surface area contributed by atoms with Gasteiger partial charge in [-0.05, 0) is 44.4 Å². The zero-order chi connectivity index (χ0) is 24.9. The molecule has 0 aromatic carbocycles. The Morgan fingerprint density at radius 2 is 2.09 bits per heavy atom. The molecule has 2 amide bonds. The predicted octanol–water partition coefficient (Wildman–Crippen LogP) is 3.47. The quantitative estimate of drug-likeness (QED) is 0.410. The molecule has 3 aromatic heterocycles. The zero-order valence-electron chi connectivity index (χ0n) is 19.9. The molecule has 11 heteroatoms. The molecule has 0 atom stereocenters. The third-order valence-corrected chi connectivity index (χ3v) is 7.40. The summed E-state index contributed by atoms with van der Waals surface area (Å²) in [5.74, 6) is 1.32. The second-order valence-electron chi connectivity index (χ2n) is 8.72. The Balaban J connectivity index is 1.51. The van der Waals surface area contributed by atoms with Gasteiger partial charge in [-0.3, -0.25) is 14.2 Å². The van der Waals surface area contributed by atoms with Gasteiger partial charge in [-0.15, -0.1) is 10.2 Å². The van der Waals surface area contributed by atoms with Gasteiger partial charge in [-0.1, -0.05) is 24.6 Å². The number of hydrogen-bond donors (Lipinski definition) is 2. The number of rotatable bonds is 10. The van der Waals surface area contributed by atoms with Crippen LogP contribution in [0.25, 0.3) is 0 Å². The van der Waals surface area contributed by atoms with E-state index in [4.69, 9.17) is 10.2 Å². The van der Waals surface area contributed by atoms with E-state index >= 15 is 0 Å². The highest BCUT2D eigenvalue weighted by atomic mass is 32.2. The average Bonchev–Trinajstić information content (AvgIpc) is 3.62. The first-order valence-corrected chi connectivity index (χ1v) is 12.6. The Morgan fingerprint density at radius 1 is 1.31 bits per heavy atom. The number of anilines is 1. The number of carbonyl (C=O) groups excluding carboxylic acids is 2. The van der Waals surface area contributed by atoms with Crippen LogP contribution in [0.3, 0.4) is 0 Å². The van der Waals surface area contributed by atoms with Crippen molar-refractivity contribution >= 4 is 29.4 Å². The van der Waals surface area contributed by atoms with Gasteiger partial charge in [0.2, 0.25) is 11.8 Å². The summed E-state index contributed by atoms with van der Waals surface area (Å²) in [6.07, 6.45) is 6.46. The maximum Gasteiger partial charge on any atom is 0.235 e. The third-order valence-electron chi connectivity index (χ3n) is 6.43. The van der Waals surface area contributed by atoms with E-state index < -0.39 is 5.91 Å². The van der Waals surface area contributed by atoms with Crippen LogP contribution in [0, 0.1) is 25.2 Å². The lowest BCUT2D eigenvalue weighted by Crippen LogP contribution is -2.20. The van der Waals surface area contributed by atoms with E-state index in [1.807, 2.05) is 24.5 Å². The molecule has 1 saturated carbocycles. The summed E-state index contributed by atoms with van der Waals surface area (Å²) < 4.78 is 9.42. The van der Waals surface area contributed by atoms with Crippen molar-refractivity contribution in [2.24, 2.45) is 5.73 Å². The number of furan rings is 1. The lowest BCUT2D eigenvalue weighted by Gasteiger charge is -2.19. The Kier molecular flexibility index (Phi) is 7.60. The minimum Gasteiger partial charge on any atom is -0.467 e. The standard InChI is InChI=1S/C24H29N7O3S/c1-15-16(2)31(17-6-3-4-7-17)23(19(15)12-25)27-22(33)14-35-24-29-28-21(10-9-20(26)32)30(24)13-18-8-5-11-34-18/h5,8,11,17H,3-4,6-7,9-10,13-14H2,1-2H3,(H2,26,32)(H,27,33). The molecule has 184 valence electrons. The summed E-state index contributed by atoms with van der Waals surface area (Å²) in [5, 5.41) is 21.7. The van der Waals surface area contributed by atoms with Gasteiger partial charge in [0.15, 0.2) is 5.16 Å². The Bertz CT molecular complexity index is 1250. The largest absolute Gasteiger partial charge is 0.467 e. The van der Waals surface area contributed by atoms with Crippen molar-refractivity contribution in [3.63, 3.8) is 0 Å². The van der Waals surface area contributed by atoms with Crippen molar-refractivity contribution in [2.45, 2.75) is 70.1 Å². The minimum atomic E-state index is -0.421. The van der Waals surface area contributed by atoms with Crippen LogP contribution in [-0.2, 0) is 22.6 Å². The minimum absolute atomic E-state index is 0.0882. The van der Waals surface area contributed by atoms with Crippen LogP contribution < -0.4 is 11.1 Å². The average molecular weight is 496 g/mol. The van der Waals surface area contributed by atoms with Gasteiger partial charge in [-0.2, -0.15) is 5.26 Å². The molecule has 0 aliphatic heterocycles. The fourth-order valence-electron chi connectivity index (χ4n) is 4.57. The van der Waals surface area contributed by atoms with E-state index in [9.17, 15) is 14.9 Å². The lowest BCUT2D eigenvalue weighted by atomic mass is 10.2. The number of aromatic nitrogens is 4. The number of aryl methyl sites for hydroxylation is 1. The molecule has 0 unspecified atom stereocenters. The molecule has 1 aliphatic carbocycles. The van der Waals surface area contributed by atoms with E-state index in [2.05, 4.69) is 26.2 Å². The molecule has 0 bridgehead atoms. The Morgan fingerprint density at radius 3 is 2.74 bits per heavy atom. The maximum absolute atomic E-state index is 13.0. The SMILES string of the molecule is Cc1c(C#N)c(NC(=O)CSc2nnc(CCC(N)=O)n2Cc2ccco2)n(C2CCCC2)c1C. The molecular formula is C24H29N7O3S. The van der Waals surface area contributed by atoms with Crippen LogP contribution in [0.1, 0.15) is 66.6 Å². The van der Waals surface area contributed by atoms with Crippen LogP contribution in [0.5, 0.6) is 0 Å². The van der Waals surface area contributed by atoms with Gasteiger partial charge in [0.05, 0.1) is 24.1 Å². The van der Waals surface area contributed by atoms with Gasteiger partial charge in [0, 0.05) is 24.6 Å². The van der Waals surface area contributed by atoms with Gasteiger partial charge in [0.25, 0.3) is 0 Å². The molecule has 0 radical (unpaired) electrons. The molecule has 0 spiro atoms. The van der Waals surface area contributed by atoms with Crippen LogP contribution in [-0.4, -0.2) is 36.9 Å². The van der Waals surface area contributed by atoms with Crippen molar-refractivity contribution < 1.29 is 14.0 Å². The molecule has 0 saturated heterocycles. The van der Waals surface area contributed by atoms with Gasteiger partial charge in [-0.25, -0.2) is 0 Å². The Hall–Kier alpha value is -3.52. The Labute approximate surface area is 207 Å².